The van der Waals surface area contributed by atoms with E-state index in [1.165, 1.54) is 6.26 Å². The van der Waals surface area contributed by atoms with Crippen LogP contribution in [0.1, 0.15) is 25.5 Å². The van der Waals surface area contributed by atoms with Gasteiger partial charge in [0.15, 0.2) is 15.5 Å². The lowest BCUT2D eigenvalue weighted by atomic mass is 10.2. The Kier molecular flexibility index (Phi) is 5.17. The minimum absolute atomic E-state index is 0.0902. The summed E-state index contributed by atoms with van der Waals surface area (Å²) in [5.41, 5.74) is 0.589. The maximum Gasteiger partial charge on any atom is 0.398 e. The molecule has 0 spiro atoms. The highest BCUT2D eigenvalue weighted by Gasteiger charge is 2.40. The average molecular weight is 377 g/mol. The second-order valence-electron chi connectivity index (χ2n) is 6.29. The SMILES string of the molecule is CCCC[n+]1c(Cl)nc2c(c1CS(C)(=O)=O)OCC1COCCN21. The first-order chi connectivity index (χ1) is 11.4. The second-order valence-corrected chi connectivity index (χ2v) is 8.77. The van der Waals surface area contributed by atoms with Crippen molar-refractivity contribution in [3.8, 4) is 5.75 Å². The lowest BCUT2D eigenvalue weighted by Gasteiger charge is -2.38. The van der Waals surface area contributed by atoms with Gasteiger partial charge in [0.05, 0.1) is 25.8 Å². The van der Waals surface area contributed by atoms with Gasteiger partial charge >= 0.3 is 5.28 Å². The Morgan fingerprint density at radius 1 is 1.42 bits per heavy atom. The third-order valence-electron chi connectivity index (χ3n) is 4.27. The largest absolute Gasteiger partial charge is 0.482 e. The van der Waals surface area contributed by atoms with Crippen LogP contribution in [0, 0.1) is 0 Å². The van der Waals surface area contributed by atoms with Crippen molar-refractivity contribution in [3.05, 3.63) is 11.0 Å². The summed E-state index contributed by atoms with van der Waals surface area (Å²) in [5, 5.41) is 0.302. The highest BCUT2D eigenvalue weighted by atomic mass is 35.5. The minimum atomic E-state index is -3.23. The number of fused-ring (bicyclic) bond motifs is 3. The fraction of sp³-hybridized carbons (Fsp3) is 0.733. The van der Waals surface area contributed by atoms with Crippen molar-refractivity contribution in [1.82, 2.24) is 4.98 Å². The van der Waals surface area contributed by atoms with Crippen molar-refractivity contribution in [1.29, 1.82) is 0 Å². The van der Waals surface area contributed by atoms with Gasteiger partial charge in [0, 0.05) is 24.4 Å². The number of morpholine rings is 1. The predicted molar refractivity (Wildman–Crippen MR) is 90.3 cm³/mol. The Bertz CT molecular complexity index is 726. The topological polar surface area (TPSA) is 72.6 Å². The van der Waals surface area contributed by atoms with Crippen molar-refractivity contribution in [3.63, 3.8) is 0 Å². The summed E-state index contributed by atoms with van der Waals surface area (Å²) in [7, 11) is -3.23. The van der Waals surface area contributed by atoms with Gasteiger partial charge in [-0.15, -0.1) is 0 Å². The van der Waals surface area contributed by atoms with E-state index in [4.69, 9.17) is 21.1 Å². The smallest absolute Gasteiger partial charge is 0.398 e. The molecule has 0 aromatic carbocycles. The number of rotatable bonds is 5. The van der Waals surface area contributed by atoms with Gasteiger partial charge in [0.25, 0.3) is 5.82 Å². The quantitative estimate of drug-likeness (QED) is 0.563. The number of unbranched alkanes of at least 4 members (excludes halogenated alkanes) is 1. The summed E-state index contributed by atoms with van der Waals surface area (Å²) < 4.78 is 37.1. The van der Waals surface area contributed by atoms with Crippen molar-refractivity contribution in [2.45, 2.75) is 38.1 Å². The van der Waals surface area contributed by atoms with Crippen molar-refractivity contribution >= 4 is 27.3 Å². The Morgan fingerprint density at radius 3 is 2.92 bits per heavy atom. The van der Waals surface area contributed by atoms with E-state index in [1.807, 2.05) is 0 Å². The highest BCUT2D eigenvalue weighted by Crippen LogP contribution is 2.36. The van der Waals surface area contributed by atoms with E-state index in [0.29, 0.717) is 55.5 Å². The monoisotopic (exact) mass is 376 g/mol. The molecule has 2 aliphatic heterocycles. The molecule has 2 aliphatic rings. The molecule has 1 atom stereocenters. The van der Waals surface area contributed by atoms with E-state index in [2.05, 4.69) is 16.8 Å². The standard InChI is InChI=1S/C15H23ClN3O4S/c1-3-4-5-19-12(10-24(2,20)21)13-14(17-15(19)16)18-6-7-22-8-11(18)9-23-13/h11H,3-10H2,1-2H3/q+1. The molecule has 1 unspecified atom stereocenters. The first kappa shape index (κ1) is 17.7. The van der Waals surface area contributed by atoms with Gasteiger partial charge < -0.3 is 14.4 Å². The van der Waals surface area contributed by atoms with Crippen LogP contribution in [-0.2, 0) is 26.9 Å². The van der Waals surface area contributed by atoms with Gasteiger partial charge in [-0.25, -0.2) is 13.0 Å². The maximum atomic E-state index is 11.9. The molecule has 7 nitrogen and oxygen atoms in total. The lowest BCUT2D eigenvalue weighted by Crippen LogP contribution is -2.53. The fourth-order valence-corrected chi connectivity index (χ4v) is 4.14. The number of hydrogen-bond donors (Lipinski definition) is 0. The minimum Gasteiger partial charge on any atom is -0.482 e. The zero-order valence-corrected chi connectivity index (χ0v) is 15.6. The molecule has 24 heavy (non-hydrogen) atoms. The molecule has 1 saturated heterocycles. The first-order valence-corrected chi connectivity index (χ1v) is 10.6. The number of sulfone groups is 1. The molecule has 9 heteroatoms. The van der Waals surface area contributed by atoms with Crippen LogP contribution in [0.2, 0.25) is 5.28 Å². The third-order valence-corrected chi connectivity index (χ3v) is 5.35. The number of hydrogen-bond acceptors (Lipinski definition) is 6. The molecule has 3 rings (SSSR count). The van der Waals surface area contributed by atoms with Gasteiger partial charge in [-0.05, 0) is 11.4 Å². The van der Waals surface area contributed by atoms with Crippen LogP contribution in [0.4, 0.5) is 5.82 Å². The zero-order valence-electron chi connectivity index (χ0n) is 14.0. The first-order valence-electron chi connectivity index (χ1n) is 8.18. The fourth-order valence-electron chi connectivity index (χ4n) is 3.09. The van der Waals surface area contributed by atoms with Gasteiger partial charge in [-0.1, -0.05) is 13.3 Å². The van der Waals surface area contributed by atoms with Crippen LogP contribution >= 0.6 is 11.6 Å². The molecule has 0 aliphatic carbocycles. The summed E-state index contributed by atoms with van der Waals surface area (Å²) in [6, 6.07) is 0.0902. The van der Waals surface area contributed by atoms with Gasteiger partial charge in [0.1, 0.15) is 12.4 Å². The summed E-state index contributed by atoms with van der Waals surface area (Å²) in [5.74, 6) is 1.06. The van der Waals surface area contributed by atoms with Crippen LogP contribution < -0.4 is 14.2 Å². The second kappa shape index (κ2) is 7.01. The van der Waals surface area contributed by atoms with E-state index < -0.39 is 9.84 Å². The molecule has 0 radical (unpaired) electrons. The van der Waals surface area contributed by atoms with Crippen LogP contribution in [0.15, 0.2) is 0 Å². The third kappa shape index (κ3) is 3.60. The van der Waals surface area contributed by atoms with Crippen LogP contribution in [-0.4, -0.2) is 52.1 Å². The number of aromatic nitrogens is 2. The number of halogens is 1. The summed E-state index contributed by atoms with van der Waals surface area (Å²) >= 11 is 6.41. The van der Waals surface area contributed by atoms with Crippen molar-refractivity contribution in [2.24, 2.45) is 0 Å². The molecule has 0 N–H and O–H groups in total. The Morgan fingerprint density at radius 2 is 2.21 bits per heavy atom. The van der Waals surface area contributed by atoms with E-state index in [1.54, 1.807) is 4.57 Å². The van der Waals surface area contributed by atoms with Crippen LogP contribution in [0.3, 0.4) is 0 Å². The number of nitrogens with zero attached hydrogens (tertiary/aromatic N) is 3. The summed E-state index contributed by atoms with van der Waals surface area (Å²) in [4.78, 5) is 6.64. The molecule has 0 saturated carbocycles. The van der Waals surface area contributed by atoms with Gasteiger partial charge in [-0.2, -0.15) is 0 Å². The summed E-state index contributed by atoms with van der Waals surface area (Å²) in [6.07, 6.45) is 3.09. The van der Waals surface area contributed by atoms with Crippen LogP contribution in [0.5, 0.6) is 5.75 Å². The molecule has 134 valence electrons. The average Bonchev–Trinajstić information content (AvgIpc) is 2.53. The van der Waals surface area contributed by atoms with E-state index >= 15 is 0 Å². The molecule has 1 aromatic rings. The van der Waals surface area contributed by atoms with Gasteiger partial charge in [0.2, 0.25) is 5.75 Å². The Balaban J connectivity index is 2.10. The molecular weight excluding hydrogens is 354 g/mol. The Hall–Kier alpha value is -1.12. The molecular formula is C15H23ClN3O4S+. The lowest BCUT2D eigenvalue weighted by molar-refractivity contribution is -0.704. The Labute approximate surface area is 147 Å². The van der Waals surface area contributed by atoms with E-state index in [0.717, 1.165) is 12.8 Å². The van der Waals surface area contributed by atoms with Gasteiger partial charge in [-0.3, -0.25) is 0 Å². The molecule has 0 amide bonds. The number of anilines is 1. The van der Waals surface area contributed by atoms with Crippen molar-refractivity contribution in [2.75, 3.05) is 37.5 Å². The molecule has 1 aromatic heterocycles. The zero-order chi connectivity index (χ0) is 17.3. The van der Waals surface area contributed by atoms with Crippen molar-refractivity contribution < 1.29 is 22.5 Å². The van der Waals surface area contributed by atoms with Crippen LogP contribution in [0.25, 0.3) is 0 Å². The molecule has 0 bridgehead atoms. The highest BCUT2D eigenvalue weighted by molar-refractivity contribution is 7.89. The number of ether oxygens (including phenoxy) is 2. The summed E-state index contributed by atoms with van der Waals surface area (Å²) in [6.45, 7) is 5.04. The van der Waals surface area contributed by atoms with E-state index in [-0.39, 0.29) is 11.8 Å². The molecule has 1 fully saturated rings. The molecule has 3 heterocycles. The normalized spacial score (nSPS) is 20.3. The van der Waals surface area contributed by atoms with E-state index in [9.17, 15) is 8.42 Å². The predicted octanol–water partition coefficient (Wildman–Crippen LogP) is 0.965. The maximum absolute atomic E-state index is 11.9.